The van der Waals surface area contributed by atoms with Crippen LogP contribution in [0.1, 0.15) is 84.5 Å². The second-order valence-corrected chi connectivity index (χ2v) is 6.50. The van der Waals surface area contributed by atoms with Crippen molar-refractivity contribution in [3.63, 3.8) is 0 Å². The Bertz CT molecular complexity index is 404. The Morgan fingerprint density at radius 3 is 1.79 bits per heavy atom. The van der Waals surface area contributed by atoms with E-state index in [2.05, 4.69) is 6.92 Å². The normalized spacial score (nSPS) is 14.8. The molecule has 0 bridgehead atoms. The fourth-order valence-electron chi connectivity index (χ4n) is 2.62. The molecule has 0 saturated carbocycles. The van der Waals surface area contributed by atoms with Crippen LogP contribution in [0.5, 0.6) is 0 Å². The Morgan fingerprint density at radius 1 is 0.917 bits per heavy atom. The lowest BCUT2D eigenvalue weighted by Crippen LogP contribution is -2.52. The summed E-state index contributed by atoms with van der Waals surface area (Å²) in [5.74, 6) is -3.53. The van der Waals surface area contributed by atoms with Gasteiger partial charge in [-0.2, -0.15) is 0 Å². The van der Waals surface area contributed by atoms with Gasteiger partial charge in [0.05, 0.1) is 6.42 Å². The van der Waals surface area contributed by atoms with Crippen LogP contribution >= 0.6 is 0 Å². The molecule has 0 saturated heterocycles. The largest absolute Gasteiger partial charge is 0.479 e. The summed E-state index contributed by atoms with van der Waals surface area (Å²) in [6.45, 7) is 3.25. The maximum Gasteiger partial charge on any atom is 0.344 e. The van der Waals surface area contributed by atoms with Gasteiger partial charge in [-0.05, 0) is 13.3 Å². The van der Waals surface area contributed by atoms with E-state index >= 15 is 0 Å². The molecular formula is C18H32O6. The lowest BCUT2D eigenvalue weighted by atomic mass is 9.88. The summed E-state index contributed by atoms with van der Waals surface area (Å²) in [6.07, 6.45) is 7.53. The number of rotatable bonds is 15. The zero-order valence-corrected chi connectivity index (χ0v) is 14.9. The van der Waals surface area contributed by atoms with Crippen LogP contribution in [0.15, 0.2) is 0 Å². The predicted molar refractivity (Wildman–Crippen MR) is 90.7 cm³/mol. The molecule has 2 atom stereocenters. The van der Waals surface area contributed by atoms with Gasteiger partial charge in [0.15, 0.2) is 0 Å². The van der Waals surface area contributed by atoms with Gasteiger partial charge in [-0.1, -0.05) is 58.3 Å². The minimum Gasteiger partial charge on any atom is -0.479 e. The second kappa shape index (κ2) is 12.1. The number of carboxylic acids is 1. The molecule has 6 heteroatoms. The highest BCUT2D eigenvalue weighted by Crippen LogP contribution is 2.18. The van der Waals surface area contributed by atoms with Crippen molar-refractivity contribution in [2.45, 2.75) is 96.2 Å². The van der Waals surface area contributed by atoms with Gasteiger partial charge >= 0.3 is 5.97 Å². The maximum atomic E-state index is 11.8. The molecule has 3 N–H and O–H groups in total. The molecule has 0 amide bonds. The number of unbranched alkanes of at least 4 members (excludes halogenated alkanes) is 8. The fourth-order valence-corrected chi connectivity index (χ4v) is 2.62. The maximum absolute atomic E-state index is 11.8. The molecule has 24 heavy (non-hydrogen) atoms. The highest BCUT2D eigenvalue weighted by molar-refractivity contribution is 6.10. The highest BCUT2D eigenvalue weighted by Gasteiger charge is 2.47. The van der Waals surface area contributed by atoms with E-state index in [1.54, 1.807) is 0 Å². The molecule has 140 valence electrons. The molecule has 0 aliphatic heterocycles. The lowest BCUT2D eigenvalue weighted by Gasteiger charge is -2.22. The van der Waals surface area contributed by atoms with Crippen LogP contribution in [0.3, 0.4) is 0 Å². The number of aliphatic hydroxyl groups is 2. The van der Waals surface area contributed by atoms with Gasteiger partial charge < -0.3 is 15.3 Å². The van der Waals surface area contributed by atoms with E-state index in [9.17, 15) is 24.6 Å². The van der Waals surface area contributed by atoms with Gasteiger partial charge in [0.2, 0.25) is 11.4 Å². The Balaban J connectivity index is 4.03. The first-order valence-electron chi connectivity index (χ1n) is 8.95. The van der Waals surface area contributed by atoms with Gasteiger partial charge in [-0.25, -0.2) is 4.79 Å². The average Bonchev–Trinajstić information content (AvgIpc) is 2.52. The van der Waals surface area contributed by atoms with Crippen LogP contribution in [0.4, 0.5) is 0 Å². The summed E-state index contributed by atoms with van der Waals surface area (Å²) in [6, 6.07) is 0. The number of Topliss-reactive ketones (excluding diaryl/α,β-unsaturated/α-hetero) is 2. The molecule has 0 fully saturated rings. The summed E-state index contributed by atoms with van der Waals surface area (Å²) in [5, 5.41) is 28.1. The number of carbonyl (C=O) groups is 3. The summed E-state index contributed by atoms with van der Waals surface area (Å²) in [7, 11) is 0. The number of hydrogen-bond acceptors (Lipinski definition) is 5. The first-order valence-corrected chi connectivity index (χ1v) is 8.95. The Morgan fingerprint density at radius 2 is 1.38 bits per heavy atom. The predicted octanol–water partition coefficient (Wildman–Crippen LogP) is 2.63. The monoisotopic (exact) mass is 344 g/mol. The molecule has 0 heterocycles. The minimum atomic E-state index is -2.83. The van der Waals surface area contributed by atoms with E-state index < -0.39 is 35.7 Å². The van der Waals surface area contributed by atoms with Crippen molar-refractivity contribution >= 4 is 17.5 Å². The van der Waals surface area contributed by atoms with Crippen LogP contribution in [-0.4, -0.2) is 44.6 Å². The third-order valence-corrected chi connectivity index (χ3v) is 4.15. The fraction of sp³-hybridized carbons (Fsp3) is 0.833. The smallest absolute Gasteiger partial charge is 0.344 e. The van der Waals surface area contributed by atoms with E-state index in [1.807, 2.05) is 0 Å². The molecular weight excluding hydrogens is 312 g/mol. The number of carboxylic acid groups (broad SMARTS) is 1. The molecule has 2 unspecified atom stereocenters. The molecule has 0 aromatic carbocycles. The number of aliphatic carboxylic acids is 1. The van der Waals surface area contributed by atoms with Gasteiger partial charge in [0, 0.05) is 6.42 Å². The topological polar surface area (TPSA) is 112 Å². The van der Waals surface area contributed by atoms with Gasteiger partial charge in [0.25, 0.3) is 0 Å². The average molecular weight is 344 g/mol. The van der Waals surface area contributed by atoms with Crippen LogP contribution in [-0.2, 0) is 14.4 Å². The van der Waals surface area contributed by atoms with Crippen molar-refractivity contribution in [2.24, 2.45) is 0 Å². The van der Waals surface area contributed by atoms with Gasteiger partial charge in [0.1, 0.15) is 11.9 Å². The van der Waals surface area contributed by atoms with E-state index in [4.69, 9.17) is 5.11 Å². The third kappa shape index (κ3) is 8.55. The van der Waals surface area contributed by atoms with E-state index in [0.717, 1.165) is 26.2 Å². The number of aliphatic hydroxyl groups excluding tert-OH is 1. The first-order chi connectivity index (χ1) is 11.3. The quantitative estimate of drug-likeness (QED) is 0.311. The molecule has 0 radical (unpaired) electrons. The SMILES string of the molecule is CCCCCCCCCCCC(=O)CC(O)(C(=O)O)C(=O)C(C)O. The Hall–Kier alpha value is -1.27. The number of ketones is 2. The first kappa shape index (κ1) is 22.7. The van der Waals surface area contributed by atoms with Crippen molar-refractivity contribution < 1.29 is 29.7 Å². The number of hydrogen-bond donors (Lipinski definition) is 3. The van der Waals surface area contributed by atoms with E-state index in [-0.39, 0.29) is 6.42 Å². The van der Waals surface area contributed by atoms with Crippen LogP contribution in [0, 0.1) is 0 Å². The minimum absolute atomic E-state index is 0.137. The molecule has 0 aromatic rings. The summed E-state index contributed by atoms with van der Waals surface area (Å²) >= 11 is 0. The van der Waals surface area contributed by atoms with Crippen molar-refractivity contribution in [1.29, 1.82) is 0 Å². The van der Waals surface area contributed by atoms with Crippen molar-refractivity contribution in [1.82, 2.24) is 0 Å². The van der Waals surface area contributed by atoms with E-state index in [1.165, 1.54) is 32.1 Å². The Labute approximate surface area is 144 Å². The molecule has 0 aliphatic rings. The molecule has 0 spiro atoms. The van der Waals surface area contributed by atoms with E-state index in [0.29, 0.717) is 6.42 Å². The summed E-state index contributed by atoms with van der Waals surface area (Å²) in [5.41, 5.74) is -2.83. The van der Waals surface area contributed by atoms with Gasteiger partial charge in [-0.3, -0.25) is 9.59 Å². The molecule has 6 nitrogen and oxygen atoms in total. The molecule has 0 aliphatic carbocycles. The summed E-state index contributed by atoms with van der Waals surface area (Å²) in [4.78, 5) is 34.6. The summed E-state index contributed by atoms with van der Waals surface area (Å²) < 4.78 is 0. The van der Waals surface area contributed by atoms with Crippen LogP contribution in [0.2, 0.25) is 0 Å². The molecule has 0 aromatic heterocycles. The number of carbonyl (C=O) groups excluding carboxylic acids is 2. The van der Waals surface area contributed by atoms with Gasteiger partial charge in [-0.15, -0.1) is 0 Å². The lowest BCUT2D eigenvalue weighted by molar-refractivity contribution is -0.171. The third-order valence-electron chi connectivity index (χ3n) is 4.15. The zero-order valence-electron chi connectivity index (χ0n) is 14.9. The van der Waals surface area contributed by atoms with Crippen molar-refractivity contribution in [3.8, 4) is 0 Å². The van der Waals surface area contributed by atoms with Crippen molar-refractivity contribution in [2.75, 3.05) is 0 Å². The second-order valence-electron chi connectivity index (χ2n) is 6.50. The van der Waals surface area contributed by atoms with Crippen LogP contribution < -0.4 is 0 Å². The Kier molecular flexibility index (Phi) is 11.5. The molecule has 0 rings (SSSR count). The van der Waals surface area contributed by atoms with Crippen molar-refractivity contribution in [3.05, 3.63) is 0 Å². The standard InChI is InChI=1S/C18H32O6/c1-3-4-5-6-7-8-9-10-11-12-15(20)13-18(24,17(22)23)16(21)14(2)19/h14,19,24H,3-13H2,1-2H3,(H,22,23). The van der Waals surface area contributed by atoms with Crippen LogP contribution in [0.25, 0.3) is 0 Å². The zero-order chi connectivity index (χ0) is 18.6. The highest BCUT2D eigenvalue weighted by atomic mass is 16.4.